The molecule has 9 heteroatoms. The Balaban J connectivity index is 0.00000104. The zero-order valence-corrected chi connectivity index (χ0v) is 23.8. The molecule has 0 amide bonds. The molecular formula is C27H49FN8. The molecule has 1 aliphatic rings. The number of guanidine groups is 1. The van der Waals surface area contributed by atoms with Crippen molar-refractivity contribution >= 4 is 18.5 Å². The van der Waals surface area contributed by atoms with Gasteiger partial charge in [0, 0.05) is 45.4 Å². The molecule has 2 rings (SSSR count). The standard InChI is InChI=1S/C19H33N7.C6H10FN.C2H6/c1-6-8-9-17-13-26(23-19(20-4)24(5)11-7-2)15-22-18(17)14-25-12-10-21-16(25)3;1-2-3-5-8-6-4-7;1-2/h10,12,15H,6-9,11,13-14H2,1-5H3,(H,20,23);3,5-6H,2,4H2,1H3;1-2H3/b;5-3-,8-6?;. The number of allylic oxidation sites excluding steroid dienone is 2. The fourth-order valence-electron chi connectivity index (χ4n) is 3.28. The lowest BCUT2D eigenvalue weighted by Gasteiger charge is -2.31. The Morgan fingerprint density at radius 2 is 2.00 bits per heavy atom. The first-order valence-electron chi connectivity index (χ1n) is 13.2. The summed E-state index contributed by atoms with van der Waals surface area (Å²) in [5.41, 5.74) is 5.92. The second-order valence-electron chi connectivity index (χ2n) is 7.99. The molecule has 1 N–H and O–H groups in total. The van der Waals surface area contributed by atoms with E-state index in [-0.39, 0.29) is 0 Å². The molecule has 1 aromatic rings. The summed E-state index contributed by atoms with van der Waals surface area (Å²) in [5.74, 6) is 1.88. The van der Waals surface area contributed by atoms with E-state index in [1.807, 2.05) is 64.6 Å². The summed E-state index contributed by atoms with van der Waals surface area (Å²) in [6.07, 6.45) is 15.9. The molecule has 0 fully saturated rings. The maximum atomic E-state index is 11.2. The van der Waals surface area contributed by atoms with Gasteiger partial charge >= 0.3 is 0 Å². The van der Waals surface area contributed by atoms with E-state index in [0.29, 0.717) is 0 Å². The fraction of sp³-hybridized carbons (Fsp3) is 0.630. The summed E-state index contributed by atoms with van der Waals surface area (Å²) in [5, 5.41) is 2.03. The molecule has 1 aliphatic heterocycles. The molecule has 36 heavy (non-hydrogen) atoms. The van der Waals surface area contributed by atoms with Gasteiger partial charge in [-0.3, -0.25) is 20.4 Å². The molecule has 0 aliphatic carbocycles. The molecular weight excluding hydrogens is 455 g/mol. The van der Waals surface area contributed by atoms with Gasteiger partial charge in [0.2, 0.25) is 5.96 Å². The van der Waals surface area contributed by atoms with Crippen molar-refractivity contribution in [3.8, 4) is 0 Å². The SMILES string of the molecule is CC.CC/C=C\N=CCF.CCCCC1=C(Cn2ccnc2C)N=CN(NC(=NC)N(C)CCC)C1. The fourth-order valence-corrected chi connectivity index (χ4v) is 3.28. The van der Waals surface area contributed by atoms with E-state index in [2.05, 4.69) is 50.8 Å². The van der Waals surface area contributed by atoms with Gasteiger partial charge in [-0.05, 0) is 38.2 Å². The molecule has 0 radical (unpaired) electrons. The van der Waals surface area contributed by atoms with E-state index in [4.69, 9.17) is 4.99 Å². The summed E-state index contributed by atoms with van der Waals surface area (Å²) in [6, 6.07) is 0. The first-order chi connectivity index (χ1) is 17.5. The number of nitrogens with zero attached hydrogens (tertiary/aromatic N) is 7. The van der Waals surface area contributed by atoms with Crippen LogP contribution in [0.4, 0.5) is 4.39 Å². The van der Waals surface area contributed by atoms with Gasteiger partial charge in [-0.1, -0.05) is 47.1 Å². The minimum absolute atomic E-state index is 0.478. The van der Waals surface area contributed by atoms with Crippen molar-refractivity contribution in [2.24, 2.45) is 15.0 Å². The molecule has 204 valence electrons. The van der Waals surface area contributed by atoms with E-state index in [1.54, 1.807) is 6.20 Å². The summed E-state index contributed by atoms with van der Waals surface area (Å²) >= 11 is 0. The van der Waals surface area contributed by atoms with E-state index < -0.39 is 6.67 Å². The lowest BCUT2D eigenvalue weighted by atomic mass is 10.1. The van der Waals surface area contributed by atoms with Gasteiger partial charge in [0.05, 0.1) is 18.8 Å². The number of hydrogen-bond acceptors (Lipinski definition) is 5. The van der Waals surface area contributed by atoms with Crippen molar-refractivity contribution in [1.29, 1.82) is 0 Å². The van der Waals surface area contributed by atoms with Crippen molar-refractivity contribution in [3.05, 3.63) is 41.8 Å². The maximum Gasteiger partial charge on any atom is 0.212 e. The van der Waals surface area contributed by atoms with Crippen molar-refractivity contribution < 1.29 is 4.39 Å². The zero-order valence-electron chi connectivity index (χ0n) is 23.8. The Morgan fingerprint density at radius 1 is 1.25 bits per heavy atom. The second-order valence-corrected chi connectivity index (χ2v) is 7.99. The first-order valence-corrected chi connectivity index (χ1v) is 13.2. The normalized spacial score (nSPS) is 13.6. The molecule has 2 heterocycles. The van der Waals surface area contributed by atoms with E-state index >= 15 is 0 Å². The number of aromatic nitrogens is 2. The van der Waals surface area contributed by atoms with Gasteiger partial charge in [0.1, 0.15) is 18.8 Å². The first kappa shape index (κ1) is 33.0. The molecule has 8 nitrogen and oxygen atoms in total. The van der Waals surface area contributed by atoms with E-state index in [9.17, 15) is 4.39 Å². The highest BCUT2D eigenvalue weighted by Gasteiger charge is 2.17. The number of imidazole rings is 1. The van der Waals surface area contributed by atoms with E-state index in [1.165, 1.54) is 24.6 Å². The van der Waals surface area contributed by atoms with Gasteiger partial charge in [-0.25, -0.2) is 14.4 Å². The highest BCUT2D eigenvalue weighted by atomic mass is 19.1. The Kier molecular flexibility index (Phi) is 19.6. The number of aryl methyl sites for hydroxylation is 1. The third-order valence-electron chi connectivity index (χ3n) is 5.18. The Hall–Kier alpha value is -2.97. The van der Waals surface area contributed by atoms with Crippen LogP contribution in [0.25, 0.3) is 0 Å². The Labute approximate surface area is 218 Å². The van der Waals surface area contributed by atoms with Crippen LogP contribution in [0.15, 0.2) is 50.9 Å². The molecule has 0 aromatic carbocycles. The number of rotatable bonds is 11. The molecule has 0 spiro atoms. The van der Waals surface area contributed by atoms with E-state index in [0.717, 1.165) is 56.4 Å². The van der Waals surface area contributed by atoms with Crippen LogP contribution in [0.2, 0.25) is 0 Å². The van der Waals surface area contributed by atoms with Gasteiger partial charge in [0.25, 0.3) is 0 Å². The van der Waals surface area contributed by atoms with Crippen LogP contribution in [0.1, 0.15) is 72.5 Å². The third kappa shape index (κ3) is 13.2. The average molecular weight is 505 g/mol. The summed E-state index contributed by atoms with van der Waals surface area (Å²) in [7, 11) is 3.87. The smallest absolute Gasteiger partial charge is 0.212 e. The monoisotopic (exact) mass is 504 g/mol. The van der Waals surface area contributed by atoms with Crippen LogP contribution in [0.5, 0.6) is 0 Å². The van der Waals surface area contributed by atoms with Crippen molar-refractivity contribution in [1.82, 2.24) is 24.9 Å². The maximum absolute atomic E-state index is 11.2. The average Bonchev–Trinajstić information content (AvgIpc) is 3.30. The second kappa shape index (κ2) is 21.3. The molecule has 0 atom stereocenters. The highest BCUT2D eigenvalue weighted by molar-refractivity contribution is 5.81. The molecule has 1 aromatic heterocycles. The van der Waals surface area contributed by atoms with Gasteiger partial charge in [0.15, 0.2) is 0 Å². The lowest BCUT2D eigenvalue weighted by Crippen LogP contribution is -2.50. The van der Waals surface area contributed by atoms with Crippen LogP contribution < -0.4 is 5.43 Å². The Bertz CT molecular complexity index is 827. The number of hydrazine groups is 1. The summed E-state index contributed by atoms with van der Waals surface area (Å²) in [4.78, 5) is 19.2. The number of hydrogen-bond donors (Lipinski definition) is 1. The number of unbranched alkanes of at least 4 members (excludes halogenated alkanes) is 1. The van der Waals surface area contributed by atoms with Gasteiger partial charge in [-0.15, -0.1) is 0 Å². The van der Waals surface area contributed by atoms with Crippen LogP contribution in [-0.4, -0.2) is 71.8 Å². The predicted octanol–water partition coefficient (Wildman–Crippen LogP) is 5.79. The number of aliphatic imine (C=N–C) groups is 3. The van der Waals surface area contributed by atoms with Crippen LogP contribution in [0, 0.1) is 6.92 Å². The molecule has 0 saturated carbocycles. The number of alkyl halides is 1. The number of halogens is 1. The quantitative estimate of drug-likeness (QED) is 0.306. The third-order valence-corrected chi connectivity index (χ3v) is 5.18. The molecule has 0 bridgehead atoms. The largest absolute Gasteiger partial charge is 0.345 e. The van der Waals surface area contributed by atoms with Crippen LogP contribution in [0.3, 0.4) is 0 Å². The summed E-state index contributed by atoms with van der Waals surface area (Å²) < 4.78 is 13.4. The lowest BCUT2D eigenvalue weighted by molar-refractivity contribution is 0.361. The highest BCUT2D eigenvalue weighted by Crippen LogP contribution is 2.20. The van der Waals surface area contributed by atoms with Crippen molar-refractivity contribution in [2.45, 2.75) is 80.2 Å². The van der Waals surface area contributed by atoms with Gasteiger partial charge < -0.3 is 9.47 Å². The zero-order chi connectivity index (χ0) is 27.2. The predicted molar refractivity (Wildman–Crippen MR) is 153 cm³/mol. The molecule has 0 saturated heterocycles. The Morgan fingerprint density at radius 3 is 2.56 bits per heavy atom. The minimum Gasteiger partial charge on any atom is -0.345 e. The summed E-state index contributed by atoms with van der Waals surface area (Å²) in [6.45, 7) is 14.5. The molecule has 0 unspecified atom stereocenters. The number of nitrogens with one attached hydrogen (secondary N) is 1. The van der Waals surface area contributed by atoms with Crippen molar-refractivity contribution in [2.75, 3.05) is 33.9 Å². The van der Waals surface area contributed by atoms with Crippen LogP contribution >= 0.6 is 0 Å². The topological polar surface area (TPSA) is 73.4 Å². The van der Waals surface area contributed by atoms with Gasteiger partial charge in [-0.2, -0.15) is 0 Å². The van der Waals surface area contributed by atoms with Crippen LogP contribution in [-0.2, 0) is 6.54 Å². The van der Waals surface area contributed by atoms with Crippen molar-refractivity contribution in [3.63, 3.8) is 0 Å². The minimum atomic E-state index is -0.478.